The van der Waals surface area contributed by atoms with Crippen molar-refractivity contribution < 1.29 is 13.9 Å². The molecule has 7 heteroatoms. The van der Waals surface area contributed by atoms with Crippen LogP contribution in [0.3, 0.4) is 0 Å². The van der Waals surface area contributed by atoms with Gasteiger partial charge in [-0.2, -0.15) is 10.3 Å². The first-order chi connectivity index (χ1) is 9.17. The Hall–Kier alpha value is -1.76. The summed E-state index contributed by atoms with van der Waals surface area (Å²) in [6.07, 6.45) is 0. The van der Waals surface area contributed by atoms with Crippen LogP contribution >= 0.6 is 15.9 Å². The Morgan fingerprint density at radius 3 is 2.95 bits per heavy atom. The van der Waals surface area contributed by atoms with Crippen molar-refractivity contribution in [3.05, 3.63) is 35.3 Å². The predicted octanol–water partition coefficient (Wildman–Crippen LogP) is 2.68. The van der Waals surface area contributed by atoms with Gasteiger partial charge in [0.05, 0.1) is 6.61 Å². The minimum absolute atomic E-state index is 0.0506. The SMILES string of the molecule is CCOC(=O)c1n[nH]nc1-c1cc(F)ccc1CBr. The zero-order chi connectivity index (χ0) is 13.8. The monoisotopic (exact) mass is 327 g/mol. The van der Waals surface area contributed by atoms with Crippen LogP contribution in [0.4, 0.5) is 4.39 Å². The number of halogens is 2. The van der Waals surface area contributed by atoms with Gasteiger partial charge in [-0.05, 0) is 24.6 Å². The molecule has 0 spiro atoms. The van der Waals surface area contributed by atoms with Gasteiger partial charge in [0, 0.05) is 10.9 Å². The van der Waals surface area contributed by atoms with Crippen molar-refractivity contribution in [1.82, 2.24) is 15.4 Å². The molecule has 1 N–H and O–H groups in total. The van der Waals surface area contributed by atoms with Crippen LogP contribution in [0.25, 0.3) is 11.3 Å². The molecule has 0 aliphatic heterocycles. The fourth-order valence-corrected chi connectivity index (χ4v) is 2.14. The summed E-state index contributed by atoms with van der Waals surface area (Å²) in [6, 6.07) is 4.30. The second-order valence-electron chi connectivity index (χ2n) is 3.68. The summed E-state index contributed by atoms with van der Waals surface area (Å²) in [7, 11) is 0. The van der Waals surface area contributed by atoms with Gasteiger partial charge in [-0.3, -0.25) is 0 Å². The Labute approximate surface area is 117 Å². The Bertz CT molecular complexity index is 600. The highest BCUT2D eigenvalue weighted by atomic mass is 79.9. The summed E-state index contributed by atoms with van der Waals surface area (Å²) in [5.74, 6) is -0.992. The molecule has 1 aromatic carbocycles. The molecule has 0 saturated carbocycles. The lowest BCUT2D eigenvalue weighted by Crippen LogP contribution is -2.07. The molecule has 0 saturated heterocycles. The molecular weight excluding hydrogens is 317 g/mol. The molecule has 0 amide bonds. The number of nitrogens with one attached hydrogen (secondary N) is 1. The minimum Gasteiger partial charge on any atom is -0.461 e. The van der Waals surface area contributed by atoms with Gasteiger partial charge in [0.1, 0.15) is 11.5 Å². The second-order valence-corrected chi connectivity index (χ2v) is 4.24. The number of aromatic amines is 1. The molecular formula is C12H11BrFN3O2. The van der Waals surface area contributed by atoms with Crippen LogP contribution in [0.2, 0.25) is 0 Å². The van der Waals surface area contributed by atoms with Crippen LogP contribution in [-0.4, -0.2) is 28.0 Å². The van der Waals surface area contributed by atoms with E-state index in [-0.39, 0.29) is 18.0 Å². The van der Waals surface area contributed by atoms with Gasteiger partial charge >= 0.3 is 5.97 Å². The maximum absolute atomic E-state index is 13.4. The molecule has 0 bridgehead atoms. The maximum atomic E-state index is 13.4. The molecule has 100 valence electrons. The lowest BCUT2D eigenvalue weighted by atomic mass is 10.0. The van der Waals surface area contributed by atoms with Gasteiger partial charge in [-0.1, -0.05) is 22.0 Å². The van der Waals surface area contributed by atoms with Crippen LogP contribution in [-0.2, 0) is 10.1 Å². The molecule has 0 radical (unpaired) electrons. The van der Waals surface area contributed by atoms with E-state index in [9.17, 15) is 9.18 Å². The zero-order valence-electron chi connectivity index (χ0n) is 10.1. The molecule has 0 aliphatic carbocycles. The quantitative estimate of drug-likeness (QED) is 0.692. The summed E-state index contributed by atoms with van der Waals surface area (Å²) in [5, 5.41) is 10.6. The third kappa shape index (κ3) is 2.81. The van der Waals surface area contributed by atoms with Crippen molar-refractivity contribution in [1.29, 1.82) is 0 Å². The van der Waals surface area contributed by atoms with Gasteiger partial charge in [-0.15, -0.1) is 5.10 Å². The number of alkyl halides is 1. The number of H-pyrrole nitrogens is 1. The van der Waals surface area contributed by atoms with E-state index in [1.807, 2.05) is 0 Å². The number of ether oxygens (including phenoxy) is 1. The van der Waals surface area contributed by atoms with Crippen molar-refractivity contribution in [3.8, 4) is 11.3 Å². The molecule has 5 nitrogen and oxygen atoms in total. The molecule has 0 aliphatic rings. The molecule has 1 aromatic heterocycles. The van der Waals surface area contributed by atoms with Crippen molar-refractivity contribution in [2.24, 2.45) is 0 Å². The van der Waals surface area contributed by atoms with E-state index >= 15 is 0 Å². The van der Waals surface area contributed by atoms with E-state index < -0.39 is 11.8 Å². The van der Waals surface area contributed by atoms with Crippen LogP contribution in [0, 0.1) is 5.82 Å². The lowest BCUT2D eigenvalue weighted by Gasteiger charge is -2.06. The van der Waals surface area contributed by atoms with E-state index in [1.54, 1.807) is 13.0 Å². The van der Waals surface area contributed by atoms with Crippen LogP contribution in [0.1, 0.15) is 23.0 Å². The summed E-state index contributed by atoms with van der Waals surface area (Å²) in [6.45, 7) is 1.93. The van der Waals surface area contributed by atoms with Crippen molar-refractivity contribution >= 4 is 21.9 Å². The number of carbonyl (C=O) groups excluding carboxylic acids is 1. The fourth-order valence-electron chi connectivity index (χ4n) is 1.65. The summed E-state index contributed by atoms with van der Waals surface area (Å²) < 4.78 is 18.3. The highest BCUT2D eigenvalue weighted by Crippen LogP contribution is 2.27. The first-order valence-corrected chi connectivity index (χ1v) is 6.72. The highest BCUT2D eigenvalue weighted by Gasteiger charge is 2.21. The van der Waals surface area contributed by atoms with Crippen molar-refractivity contribution in [3.63, 3.8) is 0 Å². The number of nitrogens with zero attached hydrogens (tertiary/aromatic N) is 2. The second kappa shape index (κ2) is 5.92. The van der Waals surface area contributed by atoms with Crippen molar-refractivity contribution in [2.45, 2.75) is 12.3 Å². The highest BCUT2D eigenvalue weighted by molar-refractivity contribution is 9.08. The number of hydrogen-bond acceptors (Lipinski definition) is 4. The van der Waals surface area contributed by atoms with E-state index in [1.165, 1.54) is 12.1 Å². The number of rotatable bonds is 4. The topological polar surface area (TPSA) is 67.9 Å². The third-order valence-corrected chi connectivity index (χ3v) is 3.09. The predicted molar refractivity (Wildman–Crippen MR) is 70.4 cm³/mol. The number of benzene rings is 1. The van der Waals surface area contributed by atoms with E-state index in [2.05, 4.69) is 31.3 Å². The minimum atomic E-state index is -0.587. The van der Waals surface area contributed by atoms with Crippen molar-refractivity contribution in [2.75, 3.05) is 6.61 Å². The Balaban J connectivity index is 2.51. The Morgan fingerprint density at radius 1 is 1.47 bits per heavy atom. The van der Waals surface area contributed by atoms with E-state index in [0.29, 0.717) is 10.9 Å². The number of esters is 1. The van der Waals surface area contributed by atoms with Gasteiger partial charge in [-0.25, -0.2) is 9.18 Å². The van der Waals surface area contributed by atoms with Gasteiger partial charge in [0.25, 0.3) is 0 Å². The lowest BCUT2D eigenvalue weighted by molar-refractivity contribution is 0.0520. The van der Waals surface area contributed by atoms with E-state index in [0.717, 1.165) is 5.56 Å². The van der Waals surface area contributed by atoms with Gasteiger partial charge < -0.3 is 4.74 Å². The average Bonchev–Trinajstić information content (AvgIpc) is 2.88. The molecule has 2 rings (SSSR count). The Morgan fingerprint density at radius 2 is 2.26 bits per heavy atom. The number of hydrogen-bond donors (Lipinski definition) is 1. The van der Waals surface area contributed by atoms with Crippen LogP contribution in [0.15, 0.2) is 18.2 Å². The number of carbonyl (C=O) groups is 1. The molecule has 0 fully saturated rings. The standard InChI is InChI=1S/C12H11BrFN3O2/c1-2-19-12(18)11-10(15-17-16-11)9-5-8(14)4-3-7(9)6-13/h3-5H,2,6H2,1H3,(H,15,16,17). The maximum Gasteiger partial charge on any atom is 0.361 e. The largest absolute Gasteiger partial charge is 0.461 e. The molecule has 2 aromatic rings. The summed E-state index contributed by atoms with van der Waals surface area (Å²) in [4.78, 5) is 11.7. The Kier molecular flexibility index (Phi) is 4.26. The van der Waals surface area contributed by atoms with Crippen LogP contribution in [0.5, 0.6) is 0 Å². The number of aromatic nitrogens is 3. The first-order valence-electron chi connectivity index (χ1n) is 5.60. The van der Waals surface area contributed by atoms with Gasteiger partial charge in [0.2, 0.25) is 0 Å². The fraction of sp³-hybridized carbons (Fsp3) is 0.250. The third-order valence-electron chi connectivity index (χ3n) is 2.49. The van der Waals surface area contributed by atoms with Crippen LogP contribution < -0.4 is 0 Å². The first kappa shape index (κ1) is 13.7. The molecule has 0 atom stereocenters. The smallest absolute Gasteiger partial charge is 0.361 e. The zero-order valence-corrected chi connectivity index (χ0v) is 11.7. The molecule has 1 heterocycles. The van der Waals surface area contributed by atoms with Gasteiger partial charge in [0.15, 0.2) is 5.69 Å². The summed E-state index contributed by atoms with van der Waals surface area (Å²) >= 11 is 3.31. The van der Waals surface area contributed by atoms with E-state index in [4.69, 9.17) is 4.74 Å². The molecule has 0 unspecified atom stereocenters. The molecule has 19 heavy (non-hydrogen) atoms. The average molecular weight is 328 g/mol. The normalized spacial score (nSPS) is 10.5. The summed E-state index contributed by atoms with van der Waals surface area (Å²) in [5.41, 5.74) is 1.65.